The summed E-state index contributed by atoms with van der Waals surface area (Å²) in [6, 6.07) is 17.8. The van der Waals surface area contributed by atoms with E-state index in [0.717, 1.165) is 11.1 Å². The lowest BCUT2D eigenvalue weighted by atomic mass is 9.98. The van der Waals surface area contributed by atoms with Gasteiger partial charge in [0, 0.05) is 20.0 Å². The number of hydrogen-bond donors (Lipinski definition) is 1. The monoisotopic (exact) mass is 391 g/mol. The van der Waals surface area contributed by atoms with Gasteiger partial charge in [0.2, 0.25) is 0 Å². The zero-order chi connectivity index (χ0) is 20.5. The van der Waals surface area contributed by atoms with Crippen molar-refractivity contribution < 1.29 is 19.4 Å². The second-order valence-corrected chi connectivity index (χ2v) is 7.11. The van der Waals surface area contributed by atoms with Gasteiger partial charge < -0.3 is 14.7 Å². The number of carbonyl (C=O) groups is 2. The van der Waals surface area contributed by atoms with Crippen molar-refractivity contribution in [3.8, 4) is 11.1 Å². The topological polar surface area (TPSA) is 84.7 Å². The van der Waals surface area contributed by atoms with Crippen LogP contribution in [0.1, 0.15) is 33.2 Å². The van der Waals surface area contributed by atoms with Gasteiger partial charge >= 0.3 is 12.1 Å². The van der Waals surface area contributed by atoms with Crippen molar-refractivity contribution in [2.75, 3.05) is 13.7 Å². The quantitative estimate of drug-likeness (QED) is 0.720. The number of aromatic carboxylic acids is 1. The summed E-state index contributed by atoms with van der Waals surface area (Å²) >= 11 is 0. The highest BCUT2D eigenvalue weighted by molar-refractivity contribution is 5.85. The van der Waals surface area contributed by atoms with Crippen molar-refractivity contribution in [1.29, 1.82) is 0 Å². The Kier molecular flexibility index (Phi) is 4.80. The number of ether oxygens (including phenoxy) is 1. The Hall–Kier alpha value is -3.61. The van der Waals surface area contributed by atoms with Crippen molar-refractivity contribution in [3.63, 3.8) is 0 Å². The molecule has 0 fully saturated rings. The molecule has 1 aromatic heterocycles. The van der Waals surface area contributed by atoms with E-state index in [4.69, 9.17) is 9.84 Å². The Morgan fingerprint density at radius 2 is 1.69 bits per heavy atom. The molecule has 0 aliphatic heterocycles. The molecule has 0 saturated heterocycles. The van der Waals surface area contributed by atoms with Crippen molar-refractivity contribution in [3.05, 3.63) is 77.1 Å². The van der Waals surface area contributed by atoms with Crippen molar-refractivity contribution in [2.45, 2.75) is 12.5 Å². The molecule has 0 atom stereocenters. The number of carbonyl (C=O) groups excluding carboxylic acids is 1. The second-order valence-electron chi connectivity index (χ2n) is 7.11. The summed E-state index contributed by atoms with van der Waals surface area (Å²) in [6.07, 6.45) is -0.477. The number of hydrogen-bond acceptors (Lipinski definition) is 4. The molecule has 1 aliphatic carbocycles. The molecule has 4 rings (SSSR count). The van der Waals surface area contributed by atoms with E-state index in [0.29, 0.717) is 5.69 Å². The molecule has 0 unspecified atom stereocenters. The number of amides is 1. The zero-order valence-electron chi connectivity index (χ0n) is 16.2. The van der Waals surface area contributed by atoms with Gasteiger partial charge in [-0.2, -0.15) is 5.10 Å². The van der Waals surface area contributed by atoms with Gasteiger partial charge in [0.1, 0.15) is 12.3 Å². The van der Waals surface area contributed by atoms with Gasteiger partial charge in [-0.05, 0) is 28.3 Å². The third kappa shape index (κ3) is 3.47. The normalized spacial score (nSPS) is 12.3. The first-order valence-electron chi connectivity index (χ1n) is 9.28. The lowest BCUT2D eigenvalue weighted by Crippen LogP contribution is -2.28. The first-order chi connectivity index (χ1) is 14.0. The molecule has 148 valence electrons. The third-order valence-electron chi connectivity index (χ3n) is 5.20. The summed E-state index contributed by atoms with van der Waals surface area (Å²) in [4.78, 5) is 25.0. The van der Waals surface area contributed by atoms with E-state index in [1.807, 2.05) is 24.3 Å². The molecule has 2 aromatic carbocycles. The summed E-state index contributed by atoms with van der Waals surface area (Å²) < 4.78 is 6.88. The number of fused-ring (bicyclic) bond motifs is 3. The fourth-order valence-corrected chi connectivity index (χ4v) is 3.82. The molecule has 7 heteroatoms. The van der Waals surface area contributed by atoms with Gasteiger partial charge in [0.15, 0.2) is 0 Å². The van der Waals surface area contributed by atoms with Crippen LogP contribution in [0.15, 0.2) is 54.6 Å². The van der Waals surface area contributed by atoms with Gasteiger partial charge in [-0.25, -0.2) is 9.59 Å². The third-order valence-corrected chi connectivity index (χ3v) is 5.20. The van der Waals surface area contributed by atoms with E-state index in [1.54, 1.807) is 14.1 Å². The van der Waals surface area contributed by atoms with Crippen molar-refractivity contribution in [1.82, 2.24) is 14.7 Å². The molecule has 1 heterocycles. The van der Waals surface area contributed by atoms with Crippen LogP contribution in [-0.4, -0.2) is 45.5 Å². The van der Waals surface area contributed by atoms with E-state index in [2.05, 4.69) is 29.4 Å². The average Bonchev–Trinajstić information content (AvgIpc) is 3.24. The minimum atomic E-state index is -1.06. The Labute approximate surface area is 168 Å². The van der Waals surface area contributed by atoms with Crippen LogP contribution in [0.25, 0.3) is 11.1 Å². The fourth-order valence-electron chi connectivity index (χ4n) is 3.82. The number of carboxylic acids is 1. The Morgan fingerprint density at radius 1 is 1.10 bits per heavy atom. The predicted octanol–water partition coefficient (Wildman–Crippen LogP) is 3.50. The van der Waals surface area contributed by atoms with Crippen molar-refractivity contribution in [2.24, 2.45) is 7.05 Å². The highest BCUT2D eigenvalue weighted by Crippen LogP contribution is 2.44. The minimum absolute atomic E-state index is 0.00628. The molecule has 0 saturated carbocycles. The SMILES string of the molecule is CN(Cc1cc(C(=O)O)n(C)n1)C(=O)OCC1c2ccccc2-c2ccccc21. The molecule has 0 bridgehead atoms. The molecule has 0 radical (unpaired) electrons. The number of rotatable bonds is 5. The maximum absolute atomic E-state index is 12.5. The lowest BCUT2D eigenvalue weighted by molar-refractivity contribution is 0.0685. The van der Waals surface area contributed by atoms with Crippen LogP contribution in [0, 0.1) is 0 Å². The number of carboxylic acid groups (broad SMARTS) is 1. The average molecular weight is 391 g/mol. The van der Waals surface area contributed by atoms with E-state index >= 15 is 0 Å². The molecule has 0 spiro atoms. The molecule has 1 aliphatic rings. The number of aromatic nitrogens is 2. The van der Waals surface area contributed by atoms with E-state index in [1.165, 1.54) is 26.8 Å². The molecular formula is C22H21N3O4. The Morgan fingerprint density at radius 3 is 2.24 bits per heavy atom. The highest BCUT2D eigenvalue weighted by atomic mass is 16.6. The van der Waals surface area contributed by atoms with E-state index < -0.39 is 12.1 Å². The summed E-state index contributed by atoms with van der Waals surface area (Å²) in [6.45, 7) is 0.400. The van der Waals surface area contributed by atoms with Gasteiger partial charge in [-0.3, -0.25) is 4.68 Å². The Balaban J connectivity index is 1.44. The van der Waals surface area contributed by atoms with Crippen LogP contribution in [0.2, 0.25) is 0 Å². The van der Waals surface area contributed by atoms with Crippen LogP contribution in [0.4, 0.5) is 4.79 Å². The maximum atomic E-state index is 12.5. The summed E-state index contributed by atoms with van der Waals surface area (Å²) in [5, 5.41) is 13.3. The summed E-state index contributed by atoms with van der Waals surface area (Å²) in [5.41, 5.74) is 5.21. The molecule has 1 N–H and O–H groups in total. The first-order valence-corrected chi connectivity index (χ1v) is 9.28. The van der Waals surface area contributed by atoms with Crippen molar-refractivity contribution >= 4 is 12.1 Å². The zero-order valence-corrected chi connectivity index (χ0v) is 16.2. The minimum Gasteiger partial charge on any atom is -0.477 e. The molecule has 1 amide bonds. The van der Waals surface area contributed by atoms with Crippen LogP contribution in [-0.2, 0) is 18.3 Å². The van der Waals surface area contributed by atoms with E-state index in [-0.39, 0.29) is 24.8 Å². The first kappa shape index (κ1) is 18.7. The van der Waals surface area contributed by atoms with E-state index in [9.17, 15) is 9.59 Å². The lowest BCUT2D eigenvalue weighted by Gasteiger charge is -2.19. The number of nitrogens with zero attached hydrogens (tertiary/aromatic N) is 3. The molecular weight excluding hydrogens is 370 g/mol. The molecule has 7 nitrogen and oxygen atoms in total. The van der Waals surface area contributed by atoms with Crippen LogP contribution in [0.5, 0.6) is 0 Å². The summed E-state index contributed by atoms with van der Waals surface area (Å²) in [7, 11) is 3.16. The largest absolute Gasteiger partial charge is 0.477 e. The Bertz CT molecular complexity index is 1040. The number of aryl methyl sites for hydroxylation is 1. The van der Waals surface area contributed by atoms with Crippen LogP contribution in [0.3, 0.4) is 0 Å². The maximum Gasteiger partial charge on any atom is 0.409 e. The second kappa shape index (κ2) is 7.43. The summed E-state index contributed by atoms with van der Waals surface area (Å²) in [5.74, 6) is -1.07. The highest BCUT2D eigenvalue weighted by Gasteiger charge is 2.29. The van der Waals surface area contributed by atoms with Gasteiger partial charge in [-0.1, -0.05) is 48.5 Å². The standard InChI is InChI=1S/C22H21N3O4/c1-24(12-14-11-20(21(26)27)25(2)23-14)22(28)29-13-19-17-9-5-3-7-15(17)16-8-4-6-10-18(16)19/h3-11,19H,12-13H2,1-2H3,(H,26,27). The predicted molar refractivity (Wildman–Crippen MR) is 107 cm³/mol. The van der Waals surface area contributed by atoms with Crippen LogP contribution >= 0.6 is 0 Å². The van der Waals surface area contributed by atoms with Gasteiger partial charge in [0.05, 0.1) is 12.2 Å². The smallest absolute Gasteiger partial charge is 0.409 e. The van der Waals surface area contributed by atoms with Crippen LogP contribution < -0.4 is 0 Å². The van der Waals surface area contributed by atoms with Gasteiger partial charge in [-0.15, -0.1) is 0 Å². The van der Waals surface area contributed by atoms with Gasteiger partial charge in [0.25, 0.3) is 0 Å². The molecule has 3 aromatic rings. The number of benzene rings is 2. The molecule has 29 heavy (non-hydrogen) atoms. The fraction of sp³-hybridized carbons (Fsp3) is 0.227.